The largest absolute Gasteiger partial charge is 0.394 e. The molecule has 7 nitrogen and oxygen atoms in total. The van der Waals surface area contributed by atoms with Crippen molar-refractivity contribution in [3.63, 3.8) is 0 Å². The van der Waals surface area contributed by atoms with Gasteiger partial charge >= 0.3 is 0 Å². The van der Waals surface area contributed by atoms with Gasteiger partial charge in [0.05, 0.1) is 13.2 Å². The third-order valence-electron chi connectivity index (χ3n) is 1.15. The van der Waals surface area contributed by atoms with Crippen molar-refractivity contribution in [3.05, 3.63) is 13.2 Å². The second-order valence-electron chi connectivity index (χ2n) is 2.80. The van der Waals surface area contributed by atoms with Gasteiger partial charge in [-0.15, -0.1) is 13.2 Å². The molecule has 0 radical (unpaired) electrons. The molecule has 0 fully saturated rings. The second-order valence-corrected chi connectivity index (χ2v) is 2.80. The summed E-state index contributed by atoms with van der Waals surface area (Å²) in [6.45, 7) is 8.67. The van der Waals surface area contributed by atoms with Crippen LogP contribution in [-0.4, -0.2) is 67.6 Å². The summed E-state index contributed by atoms with van der Waals surface area (Å²) < 4.78 is 0. The minimum absolute atomic E-state index is 0.365. The Kier molecular flexibility index (Phi) is 36.8. The van der Waals surface area contributed by atoms with E-state index in [-0.39, 0.29) is 13.2 Å². The molecule has 0 aromatic rings. The summed E-state index contributed by atoms with van der Waals surface area (Å²) in [6, 6.07) is 0. The van der Waals surface area contributed by atoms with Gasteiger partial charge in [0.2, 0.25) is 0 Å². The van der Waals surface area contributed by atoms with Crippen LogP contribution in [0, 0.1) is 0 Å². The zero-order chi connectivity index (χ0) is 15.6. The van der Waals surface area contributed by atoms with Crippen molar-refractivity contribution >= 4 is 0 Å². The Balaban J connectivity index is -0.0000000766. The minimum atomic E-state index is -1.12. The molecule has 0 saturated heterocycles. The highest BCUT2D eigenvalue weighted by Gasteiger charge is 1.93. The van der Waals surface area contributed by atoms with Gasteiger partial charge in [-0.3, -0.25) is 0 Å². The van der Waals surface area contributed by atoms with E-state index >= 15 is 0 Å². The predicted octanol–water partition coefficient (Wildman–Crippen LogP) is -1.45. The van der Waals surface area contributed by atoms with Gasteiger partial charge in [-0.1, -0.05) is 13.8 Å². The molecule has 0 amide bonds. The molecule has 0 spiro atoms. The van der Waals surface area contributed by atoms with E-state index in [1.54, 1.807) is 13.8 Å². The smallest absolute Gasteiger partial charge is 0.151 e. The first-order valence-corrected chi connectivity index (χ1v) is 5.47. The third-order valence-corrected chi connectivity index (χ3v) is 1.15. The van der Waals surface area contributed by atoms with Crippen LogP contribution in [-0.2, 0) is 0 Å². The highest BCUT2D eigenvalue weighted by atomic mass is 16.5. The molecule has 0 aromatic carbocycles. The van der Waals surface area contributed by atoms with E-state index in [4.69, 9.17) is 35.7 Å². The van der Waals surface area contributed by atoms with Gasteiger partial charge in [-0.2, -0.15) is 0 Å². The molecule has 0 unspecified atom stereocenters. The van der Waals surface area contributed by atoms with Crippen molar-refractivity contribution in [3.8, 4) is 0 Å². The zero-order valence-corrected chi connectivity index (χ0v) is 11.1. The molecule has 0 heterocycles. The molecule has 0 atom stereocenters. The number of rotatable bonds is 4. The van der Waals surface area contributed by atoms with Gasteiger partial charge in [0, 0.05) is 0 Å². The Labute approximate surface area is 108 Å². The van der Waals surface area contributed by atoms with Crippen molar-refractivity contribution in [2.45, 2.75) is 45.4 Å². The summed E-state index contributed by atoms with van der Waals surface area (Å²) in [7, 11) is 0. The van der Waals surface area contributed by atoms with Crippen LogP contribution in [0.25, 0.3) is 0 Å². The molecular weight excluding hydrogens is 244 g/mol. The Morgan fingerprint density at radius 2 is 0.889 bits per heavy atom. The minimum Gasteiger partial charge on any atom is -0.394 e. The molecule has 0 aromatic heterocycles. The maximum absolute atomic E-state index is 8.17. The van der Waals surface area contributed by atoms with Crippen LogP contribution >= 0.6 is 0 Å². The van der Waals surface area contributed by atoms with Crippen molar-refractivity contribution in [2.24, 2.45) is 0 Å². The predicted molar refractivity (Wildman–Crippen MR) is 68.5 cm³/mol. The van der Waals surface area contributed by atoms with E-state index in [1.165, 1.54) is 0 Å². The first-order chi connectivity index (χ1) is 8.35. The molecule has 0 bridgehead atoms. The molecule has 0 aliphatic heterocycles. The van der Waals surface area contributed by atoms with Gasteiger partial charge in [0.15, 0.2) is 12.6 Å². The Hall–Kier alpha value is -0.540. The molecule has 18 heavy (non-hydrogen) atoms. The van der Waals surface area contributed by atoms with E-state index in [1.807, 2.05) is 0 Å². The van der Waals surface area contributed by atoms with Gasteiger partial charge in [-0.25, -0.2) is 0 Å². The lowest BCUT2D eigenvalue weighted by Crippen LogP contribution is -2.15. The number of hydrogen-bond donors (Lipinski definition) is 7. The summed E-state index contributed by atoms with van der Waals surface area (Å²) in [5.41, 5.74) is 0. The lowest BCUT2D eigenvalue weighted by Gasteiger charge is -1.96. The molecular formula is C11H28O7. The summed E-state index contributed by atoms with van der Waals surface area (Å²) in [5, 5.41) is 55.7. The summed E-state index contributed by atoms with van der Waals surface area (Å²) in [5.74, 6) is 0. The normalized spacial score (nSPS) is 8.89. The maximum Gasteiger partial charge on any atom is 0.151 e. The van der Waals surface area contributed by atoms with E-state index in [2.05, 4.69) is 13.2 Å². The van der Waals surface area contributed by atoms with Gasteiger partial charge in [0.1, 0.15) is 6.10 Å². The molecule has 0 rings (SSSR count). The molecule has 7 heteroatoms. The Morgan fingerprint density at radius 3 is 0.889 bits per heavy atom. The van der Waals surface area contributed by atoms with Gasteiger partial charge in [0.25, 0.3) is 0 Å². The average molecular weight is 272 g/mol. The lowest BCUT2D eigenvalue weighted by atomic mass is 10.4. The van der Waals surface area contributed by atoms with E-state index in [9.17, 15) is 0 Å². The third kappa shape index (κ3) is 58.1. The lowest BCUT2D eigenvalue weighted by molar-refractivity contribution is -0.0420. The second kappa shape index (κ2) is 25.3. The van der Waals surface area contributed by atoms with Crippen molar-refractivity contribution in [1.29, 1.82) is 0 Å². The van der Waals surface area contributed by atoms with Crippen LogP contribution in [0.4, 0.5) is 0 Å². The molecule has 114 valence electrons. The van der Waals surface area contributed by atoms with Crippen LogP contribution < -0.4 is 0 Å². The maximum atomic E-state index is 8.17. The highest BCUT2D eigenvalue weighted by molar-refractivity contribution is 4.44. The van der Waals surface area contributed by atoms with Crippen molar-refractivity contribution in [2.75, 3.05) is 13.2 Å². The Bertz CT molecular complexity index is 108. The molecule has 0 aliphatic carbocycles. The first kappa shape index (κ1) is 26.1. The van der Waals surface area contributed by atoms with E-state index in [0.717, 1.165) is 0 Å². The van der Waals surface area contributed by atoms with Crippen LogP contribution in [0.2, 0.25) is 0 Å². The summed E-state index contributed by atoms with van der Waals surface area (Å²) >= 11 is 0. The zero-order valence-electron chi connectivity index (χ0n) is 11.1. The van der Waals surface area contributed by atoms with Gasteiger partial charge < -0.3 is 35.7 Å². The fourth-order valence-corrected chi connectivity index (χ4v) is 0.0577. The number of aliphatic hydroxyl groups is 7. The average Bonchev–Trinajstić information content (AvgIpc) is 2.41. The SMILES string of the molecule is C=C.CCC(O)O.CCC(O)O.OCC(O)CO. The summed E-state index contributed by atoms with van der Waals surface area (Å²) in [4.78, 5) is 0. The van der Waals surface area contributed by atoms with Crippen molar-refractivity contribution < 1.29 is 35.7 Å². The fourth-order valence-electron chi connectivity index (χ4n) is 0.0577. The van der Waals surface area contributed by atoms with Crippen LogP contribution in [0.15, 0.2) is 13.2 Å². The number of hydrogen-bond acceptors (Lipinski definition) is 7. The van der Waals surface area contributed by atoms with Gasteiger partial charge in [-0.05, 0) is 12.8 Å². The van der Waals surface area contributed by atoms with Crippen LogP contribution in [0.1, 0.15) is 26.7 Å². The standard InChI is InChI=1S/C3H8O3.2C3H8O2.C2H4/c4-1-3(6)2-5;2*1-2-3(4)5;1-2/h3-6H,1-2H2;2*3-5H,2H2,1H3;1-2H2. The monoisotopic (exact) mass is 272 g/mol. The highest BCUT2D eigenvalue weighted by Crippen LogP contribution is 1.77. The van der Waals surface area contributed by atoms with E-state index < -0.39 is 18.7 Å². The van der Waals surface area contributed by atoms with Crippen molar-refractivity contribution in [1.82, 2.24) is 0 Å². The fraction of sp³-hybridized carbons (Fsp3) is 0.818. The molecule has 0 saturated carbocycles. The van der Waals surface area contributed by atoms with Crippen LogP contribution in [0.3, 0.4) is 0 Å². The van der Waals surface area contributed by atoms with Crippen LogP contribution in [0.5, 0.6) is 0 Å². The number of aliphatic hydroxyl groups excluding tert-OH is 5. The first-order valence-electron chi connectivity index (χ1n) is 5.47. The molecule has 7 N–H and O–H groups in total. The van der Waals surface area contributed by atoms with E-state index in [0.29, 0.717) is 12.8 Å². The Morgan fingerprint density at radius 1 is 0.722 bits per heavy atom. The molecule has 0 aliphatic rings. The topological polar surface area (TPSA) is 142 Å². The quantitative estimate of drug-likeness (QED) is 0.245. The summed E-state index contributed by atoms with van der Waals surface area (Å²) in [6.07, 6.45) is -2.35.